The molecule has 0 N–H and O–H groups in total. The minimum Gasteiger partial charge on any atom is -0.468 e. The summed E-state index contributed by atoms with van der Waals surface area (Å²) in [7, 11) is 2.57. The van der Waals surface area contributed by atoms with Crippen LogP contribution in [0, 0.1) is 5.41 Å². The Labute approximate surface area is 99.5 Å². The molecule has 1 aromatic carbocycles. The van der Waals surface area contributed by atoms with Gasteiger partial charge in [-0.3, -0.25) is 9.59 Å². The highest BCUT2D eigenvalue weighted by Crippen LogP contribution is 2.60. The van der Waals surface area contributed by atoms with E-state index in [-0.39, 0.29) is 5.92 Å². The summed E-state index contributed by atoms with van der Waals surface area (Å²) < 4.78 is 9.42. The van der Waals surface area contributed by atoms with Gasteiger partial charge in [-0.2, -0.15) is 0 Å². The fourth-order valence-electron chi connectivity index (χ4n) is 2.25. The van der Waals surface area contributed by atoms with Crippen LogP contribution >= 0.6 is 0 Å². The minimum atomic E-state index is -1.13. The Morgan fingerprint density at radius 3 is 2.12 bits per heavy atom. The Kier molecular flexibility index (Phi) is 2.88. The molecular weight excluding hydrogens is 220 g/mol. The number of carbonyl (C=O) groups excluding carboxylic acids is 2. The zero-order valence-electron chi connectivity index (χ0n) is 9.80. The molecule has 90 valence electrons. The van der Waals surface area contributed by atoms with Gasteiger partial charge in [0.05, 0.1) is 14.2 Å². The van der Waals surface area contributed by atoms with Crippen LogP contribution in [0.1, 0.15) is 17.9 Å². The van der Waals surface area contributed by atoms with Crippen molar-refractivity contribution in [2.24, 2.45) is 5.41 Å². The maximum Gasteiger partial charge on any atom is 0.323 e. The zero-order chi connectivity index (χ0) is 12.5. The SMILES string of the molecule is COC(=O)C1(C(=O)OC)CC1c1ccccc1. The van der Waals surface area contributed by atoms with Crippen LogP contribution in [0.5, 0.6) is 0 Å². The second-order valence-electron chi connectivity index (χ2n) is 4.12. The summed E-state index contributed by atoms with van der Waals surface area (Å²) in [5, 5.41) is 0. The Morgan fingerprint density at radius 1 is 1.12 bits per heavy atom. The van der Waals surface area contributed by atoms with Gasteiger partial charge in [0.1, 0.15) is 0 Å². The Bertz CT molecular complexity index is 422. The van der Waals surface area contributed by atoms with E-state index in [0.29, 0.717) is 6.42 Å². The summed E-state index contributed by atoms with van der Waals surface area (Å²) in [5.74, 6) is -1.17. The van der Waals surface area contributed by atoms with Crippen LogP contribution in [-0.2, 0) is 19.1 Å². The van der Waals surface area contributed by atoms with Gasteiger partial charge in [-0.1, -0.05) is 30.3 Å². The molecule has 1 aromatic rings. The van der Waals surface area contributed by atoms with E-state index in [1.54, 1.807) is 0 Å². The molecule has 0 saturated heterocycles. The number of methoxy groups -OCH3 is 2. The van der Waals surface area contributed by atoms with Gasteiger partial charge in [-0.05, 0) is 12.0 Å². The van der Waals surface area contributed by atoms with E-state index in [1.165, 1.54) is 14.2 Å². The average Bonchev–Trinajstić information content (AvgIpc) is 3.14. The lowest BCUT2D eigenvalue weighted by Gasteiger charge is -2.12. The van der Waals surface area contributed by atoms with E-state index in [2.05, 4.69) is 0 Å². The first-order valence-electron chi connectivity index (χ1n) is 5.38. The number of hydrogen-bond acceptors (Lipinski definition) is 4. The van der Waals surface area contributed by atoms with Crippen molar-refractivity contribution in [3.05, 3.63) is 35.9 Å². The lowest BCUT2D eigenvalue weighted by Crippen LogP contribution is -2.30. The summed E-state index contributed by atoms with van der Waals surface area (Å²) >= 11 is 0. The third-order valence-corrected chi connectivity index (χ3v) is 3.26. The summed E-state index contributed by atoms with van der Waals surface area (Å²) in [5.41, 5.74) is -0.173. The van der Waals surface area contributed by atoms with Gasteiger partial charge in [0.15, 0.2) is 5.41 Å². The highest BCUT2D eigenvalue weighted by Gasteiger charge is 2.68. The van der Waals surface area contributed by atoms with Crippen molar-refractivity contribution < 1.29 is 19.1 Å². The van der Waals surface area contributed by atoms with Crippen LogP contribution in [0.3, 0.4) is 0 Å². The lowest BCUT2D eigenvalue weighted by molar-refractivity contribution is -0.161. The molecule has 4 nitrogen and oxygen atoms in total. The van der Waals surface area contributed by atoms with E-state index in [4.69, 9.17) is 9.47 Å². The molecule has 0 amide bonds. The largest absolute Gasteiger partial charge is 0.468 e. The summed E-state index contributed by atoms with van der Waals surface area (Å²) in [4.78, 5) is 23.5. The van der Waals surface area contributed by atoms with Gasteiger partial charge in [0.2, 0.25) is 0 Å². The van der Waals surface area contributed by atoms with E-state index in [0.717, 1.165) is 5.56 Å². The Hall–Kier alpha value is -1.84. The maximum atomic E-state index is 11.8. The van der Waals surface area contributed by atoms with Crippen LogP contribution in [0.2, 0.25) is 0 Å². The number of ether oxygens (including phenoxy) is 2. The molecular formula is C13H14O4. The van der Waals surface area contributed by atoms with Crippen LogP contribution in [0.4, 0.5) is 0 Å². The van der Waals surface area contributed by atoms with Crippen molar-refractivity contribution in [2.45, 2.75) is 12.3 Å². The summed E-state index contributed by atoms with van der Waals surface area (Å²) in [6.07, 6.45) is 0.455. The quantitative estimate of drug-likeness (QED) is 0.587. The van der Waals surface area contributed by atoms with Crippen molar-refractivity contribution in [3.63, 3.8) is 0 Å². The smallest absolute Gasteiger partial charge is 0.323 e. The van der Waals surface area contributed by atoms with Crippen molar-refractivity contribution in [1.82, 2.24) is 0 Å². The molecule has 0 bridgehead atoms. The van der Waals surface area contributed by atoms with Crippen molar-refractivity contribution in [1.29, 1.82) is 0 Å². The molecule has 0 heterocycles. The molecule has 4 heteroatoms. The molecule has 0 aliphatic heterocycles. The van der Waals surface area contributed by atoms with Crippen LogP contribution in [0.25, 0.3) is 0 Å². The fraction of sp³-hybridized carbons (Fsp3) is 0.385. The molecule has 1 atom stereocenters. The third kappa shape index (κ3) is 1.69. The standard InChI is InChI=1S/C13H14O4/c1-16-11(14)13(12(15)17-2)8-10(13)9-6-4-3-5-7-9/h3-7,10H,8H2,1-2H3. The van der Waals surface area contributed by atoms with Crippen molar-refractivity contribution >= 4 is 11.9 Å². The molecule has 1 fully saturated rings. The molecule has 0 spiro atoms. The topological polar surface area (TPSA) is 52.6 Å². The van der Waals surface area contributed by atoms with Gasteiger partial charge in [0, 0.05) is 5.92 Å². The van der Waals surface area contributed by atoms with E-state index in [9.17, 15) is 9.59 Å². The normalized spacial score (nSPS) is 20.5. The van der Waals surface area contributed by atoms with Gasteiger partial charge >= 0.3 is 11.9 Å². The fourth-order valence-corrected chi connectivity index (χ4v) is 2.25. The first-order chi connectivity index (χ1) is 8.16. The first kappa shape index (κ1) is 11.6. The summed E-state index contributed by atoms with van der Waals surface area (Å²) in [6, 6.07) is 9.46. The number of hydrogen-bond donors (Lipinski definition) is 0. The highest BCUT2D eigenvalue weighted by atomic mass is 16.5. The molecule has 17 heavy (non-hydrogen) atoms. The molecule has 1 unspecified atom stereocenters. The van der Waals surface area contributed by atoms with Crippen LogP contribution < -0.4 is 0 Å². The minimum absolute atomic E-state index is 0.136. The number of rotatable bonds is 3. The molecule has 1 aliphatic rings. The predicted molar refractivity (Wildman–Crippen MR) is 60.3 cm³/mol. The van der Waals surface area contributed by atoms with E-state index in [1.807, 2.05) is 30.3 Å². The predicted octanol–water partition coefficient (Wildman–Crippen LogP) is 1.51. The van der Waals surface area contributed by atoms with Crippen LogP contribution in [0.15, 0.2) is 30.3 Å². The molecule has 1 saturated carbocycles. The van der Waals surface area contributed by atoms with Crippen molar-refractivity contribution in [2.75, 3.05) is 14.2 Å². The lowest BCUT2D eigenvalue weighted by atomic mass is 9.99. The molecule has 2 rings (SSSR count). The second kappa shape index (κ2) is 4.20. The van der Waals surface area contributed by atoms with Gasteiger partial charge in [0.25, 0.3) is 0 Å². The first-order valence-corrected chi connectivity index (χ1v) is 5.38. The van der Waals surface area contributed by atoms with Crippen molar-refractivity contribution in [3.8, 4) is 0 Å². The molecule has 0 aromatic heterocycles. The molecule has 0 radical (unpaired) electrons. The zero-order valence-corrected chi connectivity index (χ0v) is 9.80. The van der Waals surface area contributed by atoms with Crippen LogP contribution in [-0.4, -0.2) is 26.2 Å². The summed E-state index contributed by atoms with van der Waals surface area (Å²) in [6.45, 7) is 0. The Morgan fingerprint density at radius 2 is 1.65 bits per heavy atom. The van der Waals surface area contributed by atoms with Gasteiger partial charge < -0.3 is 9.47 Å². The highest BCUT2D eigenvalue weighted by molar-refractivity contribution is 6.05. The Balaban J connectivity index is 2.30. The maximum absolute atomic E-state index is 11.8. The second-order valence-corrected chi connectivity index (χ2v) is 4.12. The number of esters is 2. The third-order valence-electron chi connectivity index (χ3n) is 3.26. The van der Waals surface area contributed by atoms with E-state index >= 15 is 0 Å². The monoisotopic (exact) mass is 234 g/mol. The average molecular weight is 234 g/mol. The molecule has 1 aliphatic carbocycles. The number of benzene rings is 1. The number of carbonyl (C=O) groups is 2. The van der Waals surface area contributed by atoms with Gasteiger partial charge in [-0.15, -0.1) is 0 Å². The van der Waals surface area contributed by atoms with E-state index < -0.39 is 17.4 Å². The van der Waals surface area contributed by atoms with Gasteiger partial charge in [-0.25, -0.2) is 0 Å².